The molecule has 21 heavy (non-hydrogen) atoms. The summed E-state index contributed by atoms with van der Waals surface area (Å²) in [6.07, 6.45) is 2.41. The van der Waals surface area contributed by atoms with Crippen LogP contribution in [0.1, 0.15) is 24.2 Å². The monoisotopic (exact) mass is 305 g/mol. The molecule has 1 aliphatic rings. The summed E-state index contributed by atoms with van der Waals surface area (Å²) >= 11 is 1.72. The predicted molar refractivity (Wildman–Crippen MR) is 84.1 cm³/mol. The first kappa shape index (κ1) is 14.2. The van der Waals surface area contributed by atoms with Crippen molar-refractivity contribution in [3.8, 4) is 0 Å². The number of nitrogens with one attached hydrogen (secondary N) is 1. The van der Waals surface area contributed by atoms with Crippen LogP contribution >= 0.6 is 11.3 Å². The average Bonchev–Trinajstić information content (AvgIpc) is 3.21. The highest BCUT2D eigenvalue weighted by atomic mass is 32.1. The van der Waals surface area contributed by atoms with Crippen molar-refractivity contribution < 1.29 is 4.74 Å². The molecule has 0 radical (unpaired) electrons. The SMILES string of the molecule is COCc1nc(NN)cc(N(Cc2ccsc2)C2CC2)n1. The van der Waals surface area contributed by atoms with E-state index in [0.29, 0.717) is 24.3 Å². The topological polar surface area (TPSA) is 76.3 Å². The fourth-order valence-electron chi connectivity index (χ4n) is 2.26. The minimum absolute atomic E-state index is 0.374. The van der Waals surface area contributed by atoms with Crippen molar-refractivity contribution >= 4 is 23.0 Å². The quantitative estimate of drug-likeness (QED) is 0.603. The van der Waals surface area contributed by atoms with Crippen LogP contribution in [0.4, 0.5) is 11.6 Å². The molecule has 3 N–H and O–H groups in total. The van der Waals surface area contributed by atoms with Gasteiger partial charge in [-0.25, -0.2) is 15.8 Å². The minimum atomic E-state index is 0.374. The zero-order chi connectivity index (χ0) is 14.7. The van der Waals surface area contributed by atoms with Crippen LogP contribution in [0, 0.1) is 0 Å². The first-order valence-corrected chi connectivity index (χ1v) is 7.85. The molecule has 1 aliphatic carbocycles. The van der Waals surface area contributed by atoms with Gasteiger partial charge in [-0.3, -0.25) is 0 Å². The second-order valence-electron chi connectivity index (χ2n) is 5.10. The van der Waals surface area contributed by atoms with Crippen molar-refractivity contribution in [3.05, 3.63) is 34.3 Å². The third kappa shape index (κ3) is 3.49. The van der Waals surface area contributed by atoms with E-state index >= 15 is 0 Å². The van der Waals surface area contributed by atoms with Crippen molar-refractivity contribution in [1.29, 1.82) is 0 Å². The number of nitrogens with zero attached hydrogens (tertiary/aromatic N) is 3. The maximum absolute atomic E-state index is 5.51. The molecule has 3 rings (SSSR count). The number of hydrogen-bond donors (Lipinski definition) is 2. The first-order chi connectivity index (χ1) is 10.3. The van der Waals surface area contributed by atoms with E-state index in [1.54, 1.807) is 18.4 Å². The summed E-state index contributed by atoms with van der Waals surface area (Å²) in [6.45, 7) is 1.24. The lowest BCUT2D eigenvalue weighted by atomic mass is 10.3. The van der Waals surface area contributed by atoms with Crippen molar-refractivity contribution in [3.63, 3.8) is 0 Å². The first-order valence-electron chi connectivity index (χ1n) is 6.91. The molecular formula is C14H19N5OS. The van der Waals surface area contributed by atoms with Crippen molar-refractivity contribution in [2.75, 3.05) is 17.4 Å². The maximum atomic E-state index is 5.51. The van der Waals surface area contributed by atoms with Gasteiger partial charge in [0.2, 0.25) is 0 Å². The Morgan fingerprint density at radius 1 is 1.48 bits per heavy atom. The van der Waals surface area contributed by atoms with Gasteiger partial charge in [0.1, 0.15) is 18.2 Å². The number of methoxy groups -OCH3 is 1. The van der Waals surface area contributed by atoms with Gasteiger partial charge in [0, 0.05) is 25.8 Å². The number of hydrazine groups is 1. The minimum Gasteiger partial charge on any atom is -0.377 e. The van der Waals surface area contributed by atoms with Crippen LogP contribution in [0.3, 0.4) is 0 Å². The second kappa shape index (κ2) is 6.38. The Labute approximate surface area is 127 Å². The normalized spacial score (nSPS) is 14.2. The van der Waals surface area contributed by atoms with Crippen LogP contribution in [0.2, 0.25) is 0 Å². The van der Waals surface area contributed by atoms with Crippen molar-refractivity contribution in [2.45, 2.75) is 32.0 Å². The maximum Gasteiger partial charge on any atom is 0.158 e. The highest BCUT2D eigenvalue weighted by Gasteiger charge is 2.30. The van der Waals surface area contributed by atoms with Gasteiger partial charge in [0.25, 0.3) is 0 Å². The molecule has 0 saturated heterocycles. The second-order valence-corrected chi connectivity index (χ2v) is 5.88. The Kier molecular flexibility index (Phi) is 4.33. The Morgan fingerprint density at radius 2 is 2.33 bits per heavy atom. The van der Waals surface area contributed by atoms with E-state index in [2.05, 4.69) is 37.1 Å². The molecule has 0 atom stereocenters. The van der Waals surface area contributed by atoms with Crippen LogP contribution < -0.4 is 16.2 Å². The van der Waals surface area contributed by atoms with Gasteiger partial charge in [0.15, 0.2) is 5.82 Å². The number of aromatic nitrogens is 2. The lowest BCUT2D eigenvalue weighted by Gasteiger charge is -2.24. The molecule has 0 amide bonds. The standard InChI is InChI=1S/C14H19N5OS/c1-20-8-13-16-12(18-15)6-14(17-13)19(11-2-3-11)7-10-4-5-21-9-10/h4-6,9,11H,2-3,7-8,15H2,1H3,(H,16,17,18). The molecule has 1 fully saturated rings. The molecule has 2 aromatic rings. The highest BCUT2D eigenvalue weighted by Crippen LogP contribution is 2.33. The third-order valence-electron chi connectivity index (χ3n) is 3.40. The Bertz CT molecular complexity index is 585. The molecule has 0 unspecified atom stereocenters. The number of rotatable bonds is 7. The van der Waals surface area contributed by atoms with Crippen LogP contribution in [-0.4, -0.2) is 23.1 Å². The summed E-state index contributed by atoms with van der Waals surface area (Å²) in [7, 11) is 1.63. The lowest BCUT2D eigenvalue weighted by molar-refractivity contribution is 0.178. The third-order valence-corrected chi connectivity index (χ3v) is 4.13. The van der Waals surface area contributed by atoms with Gasteiger partial charge in [0.05, 0.1) is 0 Å². The van der Waals surface area contributed by atoms with Gasteiger partial charge in [-0.05, 0) is 35.2 Å². The van der Waals surface area contributed by atoms with Gasteiger partial charge in [-0.2, -0.15) is 11.3 Å². The van der Waals surface area contributed by atoms with Crippen LogP contribution in [0.5, 0.6) is 0 Å². The number of nitrogens with two attached hydrogens (primary N) is 1. The fourth-order valence-corrected chi connectivity index (χ4v) is 2.92. The molecule has 2 heterocycles. The number of anilines is 2. The van der Waals surface area contributed by atoms with Crippen molar-refractivity contribution in [1.82, 2.24) is 9.97 Å². The molecular weight excluding hydrogens is 286 g/mol. The summed E-state index contributed by atoms with van der Waals surface area (Å²) in [5, 5.41) is 4.28. The number of nitrogen functional groups attached to an aromatic ring is 1. The molecule has 2 aromatic heterocycles. The molecule has 1 saturated carbocycles. The van der Waals surface area contributed by atoms with E-state index in [-0.39, 0.29) is 0 Å². The smallest absolute Gasteiger partial charge is 0.158 e. The van der Waals surface area contributed by atoms with Gasteiger partial charge in [-0.15, -0.1) is 0 Å². The zero-order valence-electron chi connectivity index (χ0n) is 12.0. The van der Waals surface area contributed by atoms with Crippen LogP contribution in [0.15, 0.2) is 22.9 Å². The van der Waals surface area contributed by atoms with E-state index in [1.807, 2.05) is 6.07 Å². The largest absolute Gasteiger partial charge is 0.377 e. The Hall–Kier alpha value is -1.70. The Morgan fingerprint density at radius 3 is 2.95 bits per heavy atom. The van der Waals surface area contributed by atoms with Gasteiger partial charge < -0.3 is 15.1 Å². The highest BCUT2D eigenvalue weighted by molar-refractivity contribution is 7.07. The summed E-state index contributed by atoms with van der Waals surface area (Å²) in [6, 6.07) is 4.60. The van der Waals surface area contributed by atoms with Crippen molar-refractivity contribution in [2.24, 2.45) is 5.84 Å². The van der Waals surface area contributed by atoms with Crippen LogP contribution in [0.25, 0.3) is 0 Å². The van der Waals surface area contributed by atoms with Crippen LogP contribution in [-0.2, 0) is 17.9 Å². The number of thiophene rings is 1. The molecule has 6 nitrogen and oxygen atoms in total. The average molecular weight is 305 g/mol. The fraction of sp³-hybridized carbons (Fsp3) is 0.429. The summed E-state index contributed by atoms with van der Waals surface area (Å²) in [4.78, 5) is 11.2. The predicted octanol–water partition coefficient (Wildman–Crippen LogP) is 2.14. The molecule has 7 heteroatoms. The Balaban J connectivity index is 1.88. The number of ether oxygens (including phenoxy) is 1. The van der Waals surface area contributed by atoms with E-state index in [0.717, 1.165) is 12.4 Å². The van der Waals surface area contributed by atoms with E-state index < -0.39 is 0 Å². The summed E-state index contributed by atoms with van der Waals surface area (Å²) < 4.78 is 5.13. The van der Waals surface area contributed by atoms with Gasteiger partial charge >= 0.3 is 0 Å². The lowest BCUT2D eigenvalue weighted by Crippen LogP contribution is -2.27. The van der Waals surface area contributed by atoms with E-state index in [9.17, 15) is 0 Å². The molecule has 0 bridgehead atoms. The molecule has 0 spiro atoms. The molecule has 0 aliphatic heterocycles. The zero-order valence-corrected chi connectivity index (χ0v) is 12.8. The van der Waals surface area contributed by atoms with Gasteiger partial charge in [-0.1, -0.05) is 0 Å². The summed E-state index contributed by atoms with van der Waals surface area (Å²) in [5.41, 5.74) is 3.91. The molecule has 112 valence electrons. The molecule has 0 aromatic carbocycles. The van der Waals surface area contributed by atoms with E-state index in [4.69, 9.17) is 10.6 Å². The summed E-state index contributed by atoms with van der Waals surface area (Å²) in [5.74, 6) is 7.67. The van der Waals surface area contributed by atoms with E-state index in [1.165, 1.54) is 18.4 Å². The number of hydrogen-bond acceptors (Lipinski definition) is 7.